The highest BCUT2D eigenvalue weighted by molar-refractivity contribution is 5.69. The first kappa shape index (κ1) is 11.5. The van der Waals surface area contributed by atoms with E-state index in [9.17, 15) is 4.79 Å². The summed E-state index contributed by atoms with van der Waals surface area (Å²) in [6.07, 6.45) is 5.25. The standard InChI is InChI=1S/C15H16O3/c1-2-17-14(16)8-10-15-9-7-13(18-15)11-5-3-4-6-12(11)15/h3-7,9,13H,2,8,10H2,1H3/t13-,15?/m0/s1. The fourth-order valence-electron chi connectivity index (χ4n) is 2.80. The van der Waals surface area contributed by atoms with Crippen LogP contribution in [0.4, 0.5) is 0 Å². The van der Waals surface area contributed by atoms with E-state index in [0.717, 1.165) is 0 Å². The van der Waals surface area contributed by atoms with Crippen LogP contribution in [0.1, 0.15) is 37.0 Å². The molecule has 2 atom stereocenters. The molecule has 2 heterocycles. The second-order valence-electron chi connectivity index (χ2n) is 4.68. The minimum atomic E-state index is -0.409. The van der Waals surface area contributed by atoms with Crippen LogP contribution in [0.3, 0.4) is 0 Å². The third kappa shape index (κ3) is 1.66. The third-order valence-electron chi connectivity index (χ3n) is 3.61. The highest BCUT2D eigenvalue weighted by Crippen LogP contribution is 2.52. The van der Waals surface area contributed by atoms with E-state index in [1.54, 1.807) is 0 Å². The predicted octanol–water partition coefficient (Wildman–Crippen LogP) is 2.87. The van der Waals surface area contributed by atoms with Gasteiger partial charge in [0.05, 0.1) is 6.61 Å². The van der Waals surface area contributed by atoms with Crippen LogP contribution in [-0.4, -0.2) is 12.6 Å². The fourth-order valence-corrected chi connectivity index (χ4v) is 2.80. The van der Waals surface area contributed by atoms with Crippen molar-refractivity contribution in [2.45, 2.75) is 31.5 Å². The summed E-state index contributed by atoms with van der Waals surface area (Å²) >= 11 is 0. The monoisotopic (exact) mass is 244 g/mol. The number of esters is 1. The van der Waals surface area contributed by atoms with E-state index in [1.165, 1.54) is 11.1 Å². The number of fused-ring (bicyclic) bond motifs is 5. The van der Waals surface area contributed by atoms with Crippen molar-refractivity contribution < 1.29 is 14.3 Å². The molecule has 0 aliphatic carbocycles. The van der Waals surface area contributed by atoms with Gasteiger partial charge in [-0.05, 0) is 30.5 Å². The largest absolute Gasteiger partial charge is 0.466 e. The van der Waals surface area contributed by atoms with Gasteiger partial charge in [-0.2, -0.15) is 0 Å². The average Bonchev–Trinajstić information content (AvgIpc) is 2.95. The van der Waals surface area contributed by atoms with Crippen molar-refractivity contribution in [2.75, 3.05) is 6.61 Å². The molecule has 0 spiro atoms. The molecular weight excluding hydrogens is 228 g/mol. The zero-order chi connectivity index (χ0) is 12.6. The van der Waals surface area contributed by atoms with Crippen LogP contribution in [0, 0.1) is 0 Å². The normalized spacial score (nSPS) is 27.3. The minimum Gasteiger partial charge on any atom is -0.466 e. The number of carbonyl (C=O) groups is 1. The van der Waals surface area contributed by atoms with Gasteiger partial charge in [0.2, 0.25) is 0 Å². The molecule has 0 saturated heterocycles. The summed E-state index contributed by atoms with van der Waals surface area (Å²) < 4.78 is 11.0. The summed E-state index contributed by atoms with van der Waals surface area (Å²) in [5.74, 6) is -0.156. The lowest BCUT2D eigenvalue weighted by molar-refractivity contribution is -0.144. The molecule has 3 rings (SSSR count). The second kappa shape index (κ2) is 4.25. The number of rotatable bonds is 4. The van der Waals surface area contributed by atoms with Gasteiger partial charge in [-0.3, -0.25) is 4.79 Å². The molecule has 1 aromatic carbocycles. The Morgan fingerprint density at radius 1 is 1.44 bits per heavy atom. The van der Waals surface area contributed by atoms with Gasteiger partial charge in [0, 0.05) is 6.42 Å². The molecule has 2 bridgehead atoms. The maximum atomic E-state index is 11.5. The van der Waals surface area contributed by atoms with Crippen molar-refractivity contribution >= 4 is 5.97 Å². The summed E-state index contributed by atoms with van der Waals surface area (Å²) in [5, 5.41) is 0. The van der Waals surface area contributed by atoms with E-state index >= 15 is 0 Å². The van der Waals surface area contributed by atoms with E-state index in [2.05, 4.69) is 24.3 Å². The zero-order valence-corrected chi connectivity index (χ0v) is 10.4. The molecule has 2 aliphatic heterocycles. The lowest BCUT2D eigenvalue weighted by atomic mass is 9.84. The van der Waals surface area contributed by atoms with Crippen LogP contribution in [0.15, 0.2) is 36.4 Å². The molecule has 94 valence electrons. The van der Waals surface area contributed by atoms with Crippen molar-refractivity contribution in [3.8, 4) is 0 Å². The molecule has 3 heteroatoms. The van der Waals surface area contributed by atoms with Gasteiger partial charge in [-0.1, -0.05) is 30.3 Å². The Morgan fingerprint density at radius 2 is 2.28 bits per heavy atom. The third-order valence-corrected chi connectivity index (χ3v) is 3.61. The van der Waals surface area contributed by atoms with Crippen molar-refractivity contribution in [3.63, 3.8) is 0 Å². The first-order chi connectivity index (χ1) is 8.75. The quantitative estimate of drug-likeness (QED) is 0.603. The van der Waals surface area contributed by atoms with Crippen molar-refractivity contribution in [1.29, 1.82) is 0 Å². The number of hydrogen-bond donors (Lipinski definition) is 0. The van der Waals surface area contributed by atoms with E-state index in [-0.39, 0.29) is 12.1 Å². The van der Waals surface area contributed by atoms with Gasteiger partial charge in [0.25, 0.3) is 0 Å². The highest BCUT2D eigenvalue weighted by Gasteiger charge is 2.46. The molecule has 18 heavy (non-hydrogen) atoms. The van der Waals surface area contributed by atoms with Gasteiger partial charge in [0.1, 0.15) is 11.7 Å². The van der Waals surface area contributed by atoms with Crippen molar-refractivity contribution in [3.05, 3.63) is 47.5 Å². The van der Waals surface area contributed by atoms with Crippen LogP contribution >= 0.6 is 0 Å². The first-order valence-electron chi connectivity index (χ1n) is 6.37. The Balaban J connectivity index is 1.80. The SMILES string of the molecule is CCOC(=O)CCC12C=C[C@H](O1)c1ccccc12. The summed E-state index contributed by atoms with van der Waals surface area (Å²) in [4.78, 5) is 11.5. The predicted molar refractivity (Wildman–Crippen MR) is 67.0 cm³/mol. The van der Waals surface area contributed by atoms with E-state index in [4.69, 9.17) is 9.47 Å². The zero-order valence-electron chi connectivity index (χ0n) is 10.4. The molecule has 0 saturated carbocycles. The molecule has 0 radical (unpaired) electrons. The Labute approximate surface area is 106 Å². The van der Waals surface area contributed by atoms with E-state index in [1.807, 2.05) is 19.1 Å². The van der Waals surface area contributed by atoms with Gasteiger partial charge in [-0.25, -0.2) is 0 Å². The Morgan fingerprint density at radius 3 is 3.11 bits per heavy atom. The summed E-state index contributed by atoms with van der Waals surface area (Å²) in [5.41, 5.74) is 2.01. The van der Waals surface area contributed by atoms with Crippen molar-refractivity contribution in [1.82, 2.24) is 0 Å². The van der Waals surface area contributed by atoms with Crippen LogP contribution in [0.2, 0.25) is 0 Å². The molecule has 0 aromatic heterocycles. The molecule has 0 fully saturated rings. The molecule has 2 aliphatic rings. The van der Waals surface area contributed by atoms with Crippen LogP contribution in [0.5, 0.6) is 0 Å². The van der Waals surface area contributed by atoms with Gasteiger partial charge < -0.3 is 9.47 Å². The second-order valence-corrected chi connectivity index (χ2v) is 4.68. The summed E-state index contributed by atoms with van der Waals surface area (Å²) in [6, 6.07) is 8.22. The van der Waals surface area contributed by atoms with Crippen LogP contribution in [-0.2, 0) is 19.9 Å². The fraction of sp³-hybridized carbons (Fsp3) is 0.400. The van der Waals surface area contributed by atoms with Gasteiger partial charge >= 0.3 is 5.97 Å². The van der Waals surface area contributed by atoms with E-state index < -0.39 is 5.60 Å². The lowest BCUT2D eigenvalue weighted by Gasteiger charge is -2.23. The van der Waals surface area contributed by atoms with Crippen LogP contribution < -0.4 is 0 Å². The minimum absolute atomic E-state index is 0.0587. The molecule has 0 amide bonds. The summed E-state index contributed by atoms with van der Waals surface area (Å²) in [6.45, 7) is 2.25. The average molecular weight is 244 g/mol. The Hall–Kier alpha value is -1.61. The number of ether oxygens (including phenoxy) is 2. The molecule has 1 aromatic rings. The molecule has 1 unspecified atom stereocenters. The maximum absolute atomic E-state index is 11.5. The number of hydrogen-bond acceptors (Lipinski definition) is 3. The highest BCUT2D eigenvalue weighted by atomic mass is 16.5. The number of carbonyl (C=O) groups excluding carboxylic acids is 1. The van der Waals surface area contributed by atoms with Gasteiger partial charge in [-0.15, -0.1) is 0 Å². The molecular formula is C15H16O3. The van der Waals surface area contributed by atoms with Crippen molar-refractivity contribution in [2.24, 2.45) is 0 Å². The van der Waals surface area contributed by atoms with E-state index in [0.29, 0.717) is 19.4 Å². The lowest BCUT2D eigenvalue weighted by Crippen LogP contribution is -2.22. The smallest absolute Gasteiger partial charge is 0.305 e. The summed E-state index contributed by atoms with van der Waals surface area (Å²) in [7, 11) is 0. The Kier molecular flexibility index (Phi) is 2.71. The van der Waals surface area contributed by atoms with Gasteiger partial charge in [0.15, 0.2) is 0 Å². The van der Waals surface area contributed by atoms with Crippen LogP contribution in [0.25, 0.3) is 0 Å². The maximum Gasteiger partial charge on any atom is 0.305 e. The first-order valence-corrected chi connectivity index (χ1v) is 6.37. The molecule has 3 nitrogen and oxygen atoms in total. The topological polar surface area (TPSA) is 35.5 Å². The molecule has 0 N–H and O–H groups in total. The number of benzene rings is 1. The Bertz CT molecular complexity index is 506.